The zero-order valence-corrected chi connectivity index (χ0v) is 10.5. The molecule has 1 aromatic heterocycles. The molecule has 0 radical (unpaired) electrons. The molecule has 0 aliphatic heterocycles. The van der Waals surface area contributed by atoms with Crippen molar-refractivity contribution in [2.75, 3.05) is 0 Å². The zero-order chi connectivity index (χ0) is 13.7. The minimum Gasteiger partial charge on any atom is -0.327 e. The number of aromatic nitrogens is 2. The van der Waals surface area contributed by atoms with Crippen LogP contribution in [0.4, 0.5) is 0 Å². The number of benzene rings is 1. The molecule has 0 saturated carbocycles. The van der Waals surface area contributed by atoms with Gasteiger partial charge in [0.05, 0.1) is 23.5 Å². The van der Waals surface area contributed by atoms with E-state index in [1.54, 1.807) is 0 Å². The lowest BCUT2D eigenvalue weighted by atomic mass is 10.2. The topological polar surface area (TPSA) is 96.7 Å². The summed E-state index contributed by atoms with van der Waals surface area (Å²) in [6.07, 6.45) is 1.27. The molecule has 1 aromatic carbocycles. The van der Waals surface area contributed by atoms with Crippen molar-refractivity contribution in [3.05, 3.63) is 30.1 Å². The molecule has 2 aromatic rings. The SMILES string of the molecule is N#CCc1nc2ccccc2n1CCCC(=O)NN. The lowest BCUT2D eigenvalue weighted by molar-refractivity contribution is -0.121. The zero-order valence-electron chi connectivity index (χ0n) is 10.5. The molecule has 0 bridgehead atoms. The van der Waals surface area contributed by atoms with Crippen molar-refractivity contribution in [3.63, 3.8) is 0 Å². The smallest absolute Gasteiger partial charge is 0.233 e. The Balaban J connectivity index is 2.22. The molecular formula is C13H15N5O. The molecule has 19 heavy (non-hydrogen) atoms. The number of nitrogens with one attached hydrogen (secondary N) is 1. The van der Waals surface area contributed by atoms with E-state index in [1.165, 1.54) is 0 Å². The first-order chi connectivity index (χ1) is 9.26. The molecule has 1 heterocycles. The molecule has 0 aliphatic carbocycles. The van der Waals surface area contributed by atoms with Crippen molar-refractivity contribution in [2.45, 2.75) is 25.8 Å². The monoisotopic (exact) mass is 257 g/mol. The molecule has 3 N–H and O–H groups in total. The van der Waals surface area contributed by atoms with E-state index in [4.69, 9.17) is 11.1 Å². The fourth-order valence-corrected chi connectivity index (χ4v) is 2.05. The third-order valence-electron chi connectivity index (χ3n) is 2.92. The van der Waals surface area contributed by atoms with Crippen molar-refractivity contribution in [1.82, 2.24) is 15.0 Å². The number of carbonyl (C=O) groups excluding carboxylic acids is 1. The van der Waals surface area contributed by atoms with Gasteiger partial charge in [-0.05, 0) is 18.6 Å². The maximum Gasteiger partial charge on any atom is 0.233 e. The molecule has 0 aliphatic rings. The number of nitrogens with two attached hydrogens (primary N) is 1. The number of aryl methyl sites for hydroxylation is 1. The van der Waals surface area contributed by atoms with E-state index in [2.05, 4.69) is 16.5 Å². The summed E-state index contributed by atoms with van der Waals surface area (Å²) in [6.45, 7) is 0.644. The van der Waals surface area contributed by atoms with Gasteiger partial charge in [0, 0.05) is 13.0 Å². The van der Waals surface area contributed by atoms with E-state index < -0.39 is 0 Å². The summed E-state index contributed by atoms with van der Waals surface area (Å²) in [5.74, 6) is 5.58. The van der Waals surface area contributed by atoms with E-state index in [1.807, 2.05) is 28.8 Å². The van der Waals surface area contributed by atoms with Crippen LogP contribution in [0.1, 0.15) is 18.7 Å². The van der Waals surface area contributed by atoms with Crippen LogP contribution in [-0.2, 0) is 17.8 Å². The van der Waals surface area contributed by atoms with Crippen molar-refractivity contribution >= 4 is 16.9 Å². The van der Waals surface area contributed by atoms with Crippen LogP contribution in [0.5, 0.6) is 0 Å². The van der Waals surface area contributed by atoms with E-state index in [0.717, 1.165) is 16.9 Å². The van der Waals surface area contributed by atoms with Crippen molar-refractivity contribution in [3.8, 4) is 6.07 Å². The first-order valence-corrected chi connectivity index (χ1v) is 6.07. The average molecular weight is 257 g/mol. The molecule has 6 heteroatoms. The minimum absolute atomic E-state index is 0.189. The van der Waals surface area contributed by atoms with E-state index >= 15 is 0 Å². The van der Waals surface area contributed by atoms with Gasteiger partial charge in [0.2, 0.25) is 5.91 Å². The van der Waals surface area contributed by atoms with Gasteiger partial charge in [-0.1, -0.05) is 12.1 Å². The number of imidazole rings is 1. The summed E-state index contributed by atoms with van der Waals surface area (Å²) in [7, 11) is 0. The Bertz CT molecular complexity index is 625. The van der Waals surface area contributed by atoms with Gasteiger partial charge in [0.25, 0.3) is 0 Å². The Labute approximate surface area is 110 Å². The van der Waals surface area contributed by atoms with E-state index in [-0.39, 0.29) is 12.3 Å². The van der Waals surface area contributed by atoms with E-state index in [9.17, 15) is 4.79 Å². The number of carbonyl (C=O) groups is 1. The summed E-state index contributed by atoms with van der Waals surface area (Å²) in [5.41, 5.74) is 3.96. The Morgan fingerprint density at radius 3 is 3.00 bits per heavy atom. The largest absolute Gasteiger partial charge is 0.327 e. The van der Waals surface area contributed by atoms with Gasteiger partial charge in [-0.25, -0.2) is 10.8 Å². The Morgan fingerprint density at radius 2 is 2.26 bits per heavy atom. The molecule has 6 nitrogen and oxygen atoms in total. The van der Waals surface area contributed by atoms with E-state index in [0.29, 0.717) is 19.4 Å². The summed E-state index contributed by atoms with van der Waals surface area (Å²) in [5, 5.41) is 8.84. The maximum absolute atomic E-state index is 11.1. The first kappa shape index (κ1) is 13.1. The van der Waals surface area contributed by atoms with Crippen molar-refractivity contribution in [2.24, 2.45) is 5.84 Å². The summed E-state index contributed by atoms with van der Waals surface area (Å²) < 4.78 is 1.99. The molecule has 1 amide bonds. The number of hydrogen-bond donors (Lipinski definition) is 2. The summed E-state index contributed by atoms with van der Waals surface area (Å²) in [4.78, 5) is 15.5. The lowest BCUT2D eigenvalue weighted by Crippen LogP contribution is -2.29. The van der Waals surface area contributed by atoms with Gasteiger partial charge < -0.3 is 4.57 Å². The predicted molar refractivity (Wildman–Crippen MR) is 70.6 cm³/mol. The van der Waals surface area contributed by atoms with Crippen LogP contribution in [0.3, 0.4) is 0 Å². The second kappa shape index (κ2) is 5.98. The number of rotatable bonds is 5. The van der Waals surface area contributed by atoms with Gasteiger partial charge in [0.1, 0.15) is 5.82 Å². The molecule has 0 saturated heterocycles. The predicted octanol–water partition coefficient (Wildman–Crippen LogP) is 0.872. The van der Waals surface area contributed by atoms with Crippen LogP contribution in [0.15, 0.2) is 24.3 Å². The van der Waals surface area contributed by atoms with Crippen LogP contribution in [0.25, 0.3) is 11.0 Å². The second-order valence-electron chi connectivity index (χ2n) is 4.17. The normalized spacial score (nSPS) is 10.3. The summed E-state index contributed by atoms with van der Waals surface area (Å²) in [6, 6.07) is 9.84. The fraction of sp³-hybridized carbons (Fsp3) is 0.308. The third-order valence-corrected chi connectivity index (χ3v) is 2.92. The van der Waals surface area contributed by atoms with Gasteiger partial charge >= 0.3 is 0 Å². The van der Waals surface area contributed by atoms with Gasteiger partial charge in [-0.3, -0.25) is 10.2 Å². The van der Waals surface area contributed by atoms with Crippen LogP contribution in [-0.4, -0.2) is 15.5 Å². The highest BCUT2D eigenvalue weighted by atomic mass is 16.2. The second-order valence-corrected chi connectivity index (χ2v) is 4.17. The number of nitrogens with zero attached hydrogens (tertiary/aromatic N) is 3. The number of para-hydroxylation sites is 2. The molecule has 98 valence electrons. The average Bonchev–Trinajstić information content (AvgIpc) is 2.77. The van der Waals surface area contributed by atoms with Crippen LogP contribution < -0.4 is 11.3 Å². The van der Waals surface area contributed by atoms with Gasteiger partial charge in [0.15, 0.2) is 0 Å². The molecule has 0 spiro atoms. The Kier molecular flexibility index (Phi) is 4.11. The lowest BCUT2D eigenvalue weighted by Gasteiger charge is -2.07. The highest BCUT2D eigenvalue weighted by Crippen LogP contribution is 2.17. The van der Waals surface area contributed by atoms with Crippen molar-refractivity contribution in [1.29, 1.82) is 5.26 Å². The number of hydrogen-bond acceptors (Lipinski definition) is 4. The molecule has 0 atom stereocenters. The molecule has 0 fully saturated rings. The van der Waals surface area contributed by atoms with Crippen molar-refractivity contribution < 1.29 is 4.79 Å². The molecule has 0 unspecified atom stereocenters. The van der Waals surface area contributed by atoms with Gasteiger partial charge in [-0.2, -0.15) is 5.26 Å². The Morgan fingerprint density at radius 1 is 1.47 bits per heavy atom. The number of nitriles is 1. The highest BCUT2D eigenvalue weighted by molar-refractivity contribution is 5.76. The fourth-order valence-electron chi connectivity index (χ4n) is 2.05. The molecule has 2 rings (SSSR count). The first-order valence-electron chi connectivity index (χ1n) is 6.07. The van der Waals surface area contributed by atoms with Crippen LogP contribution in [0, 0.1) is 11.3 Å². The number of amides is 1. The standard InChI is InChI=1S/C13H15N5O/c14-8-7-12-16-10-4-1-2-5-11(10)18(12)9-3-6-13(19)17-15/h1-2,4-5H,3,6-7,9,15H2,(H,17,19). The maximum atomic E-state index is 11.1. The minimum atomic E-state index is -0.189. The van der Waals surface area contributed by atoms with Crippen LogP contribution in [0.2, 0.25) is 0 Å². The quantitative estimate of drug-likeness (QED) is 0.472. The number of fused-ring (bicyclic) bond motifs is 1. The highest BCUT2D eigenvalue weighted by Gasteiger charge is 2.10. The Hall–Kier alpha value is -2.39. The number of hydrazine groups is 1. The molecular weight excluding hydrogens is 242 g/mol. The van der Waals surface area contributed by atoms with Gasteiger partial charge in [-0.15, -0.1) is 0 Å². The summed E-state index contributed by atoms with van der Waals surface area (Å²) >= 11 is 0. The van der Waals surface area contributed by atoms with Crippen LogP contribution >= 0.6 is 0 Å². The third kappa shape index (κ3) is 2.89.